The molecule has 0 bridgehead atoms. The average molecular weight is 399 g/mol. The van der Waals surface area contributed by atoms with Gasteiger partial charge in [0.15, 0.2) is 10.7 Å². The largest absolute Gasteiger partial charge is 0.478 e. The first-order valence-electron chi connectivity index (χ1n) is 8.76. The number of carboxylic acids is 1. The molecule has 2 N–H and O–H groups in total. The molecule has 7 nitrogen and oxygen atoms in total. The molecule has 0 fully saturated rings. The van der Waals surface area contributed by atoms with Crippen molar-refractivity contribution in [3.8, 4) is 5.75 Å². The van der Waals surface area contributed by atoms with Crippen LogP contribution < -0.4 is 15.0 Å². The fourth-order valence-electron chi connectivity index (χ4n) is 2.56. The van der Waals surface area contributed by atoms with Gasteiger partial charge in [0.2, 0.25) is 0 Å². The molecule has 1 aromatic heterocycles. The quantitative estimate of drug-likeness (QED) is 0.632. The van der Waals surface area contributed by atoms with Gasteiger partial charge in [0.25, 0.3) is 0 Å². The van der Waals surface area contributed by atoms with E-state index in [0.29, 0.717) is 23.1 Å². The molecule has 0 aliphatic carbocycles. The molecule has 0 atom stereocenters. The van der Waals surface area contributed by atoms with Crippen LogP contribution in [0.2, 0.25) is 0 Å². The SMILES string of the molecule is CCN(C(=O)Nc1nc2ccccc2s1)c1ccc(OC(C)(C)C(=O)O)cc1. The number of ether oxygens (including phenoxy) is 1. The highest BCUT2D eigenvalue weighted by molar-refractivity contribution is 7.22. The van der Waals surface area contributed by atoms with E-state index in [1.807, 2.05) is 31.2 Å². The number of fused-ring (bicyclic) bond motifs is 1. The number of aromatic nitrogens is 1. The summed E-state index contributed by atoms with van der Waals surface area (Å²) in [7, 11) is 0. The zero-order valence-electron chi connectivity index (χ0n) is 15.8. The first-order chi connectivity index (χ1) is 13.3. The molecule has 0 saturated carbocycles. The summed E-state index contributed by atoms with van der Waals surface area (Å²) in [6.07, 6.45) is 0. The first kappa shape index (κ1) is 19.6. The van der Waals surface area contributed by atoms with Crippen molar-refractivity contribution in [2.45, 2.75) is 26.4 Å². The predicted molar refractivity (Wildman–Crippen MR) is 110 cm³/mol. The third kappa shape index (κ3) is 4.23. The van der Waals surface area contributed by atoms with Crippen molar-refractivity contribution in [2.75, 3.05) is 16.8 Å². The summed E-state index contributed by atoms with van der Waals surface area (Å²) >= 11 is 1.41. The van der Waals surface area contributed by atoms with E-state index in [1.54, 1.807) is 29.2 Å². The molecule has 0 saturated heterocycles. The van der Waals surface area contributed by atoms with Crippen LogP contribution in [-0.4, -0.2) is 34.2 Å². The third-order valence-corrected chi connectivity index (χ3v) is 5.06. The molecular formula is C20H21N3O4S. The van der Waals surface area contributed by atoms with Crippen LogP contribution in [0.1, 0.15) is 20.8 Å². The van der Waals surface area contributed by atoms with Gasteiger partial charge in [0.1, 0.15) is 5.75 Å². The number of anilines is 2. The van der Waals surface area contributed by atoms with Crippen LogP contribution in [0, 0.1) is 0 Å². The summed E-state index contributed by atoms with van der Waals surface area (Å²) in [6, 6.07) is 14.1. The Morgan fingerprint density at radius 3 is 2.46 bits per heavy atom. The Hall–Kier alpha value is -3.13. The Morgan fingerprint density at radius 2 is 1.86 bits per heavy atom. The maximum atomic E-state index is 12.7. The van der Waals surface area contributed by atoms with Crippen LogP contribution in [-0.2, 0) is 4.79 Å². The Bertz CT molecular complexity index is 965. The lowest BCUT2D eigenvalue weighted by Crippen LogP contribution is -2.38. The van der Waals surface area contributed by atoms with Gasteiger partial charge in [-0.2, -0.15) is 0 Å². The normalized spacial score (nSPS) is 11.2. The number of aliphatic carboxylic acids is 1. The first-order valence-corrected chi connectivity index (χ1v) is 9.58. The van der Waals surface area contributed by atoms with Crippen LogP contribution in [0.4, 0.5) is 15.6 Å². The molecule has 1 heterocycles. The standard InChI is InChI=1S/C20H21N3O4S/c1-4-23(13-9-11-14(12-10-13)27-20(2,3)17(24)25)19(26)22-18-21-15-7-5-6-8-16(15)28-18/h5-12H,4H2,1-3H3,(H,24,25)(H,21,22,26). The molecule has 2 aromatic carbocycles. The average Bonchev–Trinajstić information content (AvgIpc) is 3.05. The predicted octanol–water partition coefficient (Wildman–Crippen LogP) is 4.60. The fourth-order valence-corrected chi connectivity index (χ4v) is 3.42. The molecular weight excluding hydrogens is 378 g/mol. The Labute approximate surface area is 166 Å². The van der Waals surface area contributed by atoms with Crippen molar-refractivity contribution in [3.05, 3.63) is 48.5 Å². The van der Waals surface area contributed by atoms with Gasteiger partial charge < -0.3 is 9.84 Å². The van der Waals surface area contributed by atoms with Crippen molar-refractivity contribution in [3.63, 3.8) is 0 Å². The number of carbonyl (C=O) groups excluding carboxylic acids is 1. The Morgan fingerprint density at radius 1 is 1.18 bits per heavy atom. The van der Waals surface area contributed by atoms with Crippen LogP contribution >= 0.6 is 11.3 Å². The highest BCUT2D eigenvalue weighted by atomic mass is 32.1. The van der Waals surface area contributed by atoms with Crippen LogP contribution in [0.25, 0.3) is 10.2 Å². The van der Waals surface area contributed by atoms with Crippen molar-refractivity contribution < 1.29 is 19.4 Å². The number of carbonyl (C=O) groups is 2. The number of nitrogens with zero attached hydrogens (tertiary/aromatic N) is 2. The molecule has 8 heteroatoms. The smallest absolute Gasteiger partial charge is 0.347 e. The van der Waals surface area contributed by atoms with Gasteiger partial charge in [-0.15, -0.1) is 0 Å². The molecule has 3 aromatic rings. The molecule has 2 amide bonds. The summed E-state index contributed by atoms with van der Waals surface area (Å²) in [5, 5.41) is 12.5. The minimum atomic E-state index is -1.34. The lowest BCUT2D eigenvalue weighted by Gasteiger charge is -2.23. The molecule has 146 valence electrons. The minimum absolute atomic E-state index is 0.291. The van der Waals surface area contributed by atoms with Crippen LogP contribution in [0.3, 0.4) is 0 Å². The van der Waals surface area contributed by atoms with Gasteiger partial charge in [0, 0.05) is 12.2 Å². The van der Waals surface area contributed by atoms with E-state index < -0.39 is 11.6 Å². The van der Waals surface area contributed by atoms with Gasteiger partial charge >= 0.3 is 12.0 Å². The van der Waals surface area contributed by atoms with Gasteiger partial charge in [0.05, 0.1) is 10.2 Å². The van der Waals surface area contributed by atoms with Gasteiger partial charge in [-0.3, -0.25) is 10.2 Å². The van der Waals surface area contributed by atoms with Crippen LogP contribution in [0.5, 0.6) is 5.75 Å². The maximum Gasteiger partial charge on any atom is 0.347 e. The Balaban J connectivity index is 1.73. The second kappa shape index (κ2) is 7.85. The van der Waals surface area contributed by atoms with Crippen molar-refractivity contribution in [2.24, 2.45) is 0 Å². The van der Waals surface area contributed by atoms with E-state index in [9.17, 15) is 9.59 Å². The van der Waals surface area contributed by atoms with Crippen molar-refractivity contribution in [1.82, 2.24) is 4.98 Å². The highest BCUT2D eigenvalue weighted by Gasteiger charge is 2.29. The van der Waals surface area contributed by atoms with Gasteiger partial charge in [-0.05, 0) is 57.2 Å². The fraction of sp³-hybridized carbons (Fsp3) is 0.250. The number of urea groups is 1. The summed E-state index contributed by atoms with van der Waals surface area (Å²) < 4.78 is 6.50. The molecule has 28 heavy (non-hydrogen) atoms. The molecule has 0 spiro atoms. The lowest BCUT2D eigenvalue weighted by molar-refractivity contribution is -0.152. The van der Waals surface area contributed by atoms with E-state index in [4.69, 9.17) is 9.84 Å². The number of carboxylic acid groups (broad SMARTS) is 1. The summed E-state index contributed by atoms with van der Waals surface area (Å²) in [4.78, 5) is 29.9. The van der Waals surface area contributed by atoms with E-state index in [1.165, 1.54) is 25.2 Å². The maximum absolute atomic E-state index is 12.7. The third-order valence-electron chi connectivity index (χ3n) is 4.11. The number of rotatable bonds is 6. The minimum Gasteiger partial charge on any atom is -0.478 e. The van der Waals surface area contributed by atoms with Crippen molar-refractivity contribution >= 4 is 44.4 Å². The summed E-state index contributed by atoms with van der Waals surface area (Å²) in [5.41, 5.74) is 0.172. The summed E-state index contributed by atoms with van der Waals surface area (Å²) in [6.45, 7) is 5.29. The Kier molecular flexibility index (Phi) is 5.51. The second-order valence-corrected chi connectivity index (χ2v) is 7.60. The molecule has 0 unspecified atom stereocenters. The zero-order chi connectivity index (χ0) is 20.3. The van der Waals surface area contributed by atoms with Gasteiger partial charge in [-0.25, -0.2) is 14.6 Å². The highest BCUT2D eigenvalue weighted by Crippen LogP contribution is 2.27. The monoisotopic (exact) mass is 399 g/mol. The van der Waals surface area contributed by atoms with E-state index >= 15 is 0 Å². The molecule has 0 aliphatic rings. The van der Waals surface area contributed by atoms with Gasteiger partial charge in [-0.1, -0.05) is 23.5 Å². The topological polar surface area (TPSA) is 91.8 Å². The number of hydrogen-bond acceptors (Lipinski definition) is 5. The number of benzene rings is 2. The number of thiazole rings is 1. The number of nitrogens with one attached hydrogen (secondary N) is 1. The molecule has 0 radical (unpaired) electrons. The zero-order valence-corrected chi connectivity index (χ0v) is 16.6. The summed E-state index contributed by atoms with van der Waals surface area (Å²) in [5.74, 6) is -0.638. The second-order valence-electron chi connectivity index (χ2n) is 6.57. The number of para-hydroxylation sites is 1. The molecule has 0 aliphatic heterocycles. The van der Waals surface area contributed by atoms with E-state index in [-0.39, 0.29) is 6.03 Å². The van der Waals surface area contributed by atoms with E-state index in [2.05, 4.69) is 10.3 Å². The lowest BCUT2D eigenvalue weighted by atomic mass is 10.1. The van der Waals surface area contributed by atoms with Crippen molar-refractivity contribution in [1.29, 1.82) is 0 Å². The molecule has 3 rings (SSSR count). The number of hydrogen-bond donors (Lipinski definition) is 2. The van der Waals surface area contributed by atoms with E-state index in [0.717, 1.165) is 10.2 Å². The van der Waals surface area contributed by atoms with Crippen LogP contribution in [0.15, 0.2) is 48.5 Å². The number of amides is 2.